The number of nitrogens with one attached hydrogen (secondary N) is 1. The van der Waals surface area contributed by atoms with Crippen molar-refractivity contribution in [3.63, 3.8) is 0 Å². The molecule has 2 rings (SSSR count). The Morgan fingerprint density at radius 2 is 1.95 bits per heavy atom. The lowest BCUT2D eigenvalue weighted by atomic mass is 10.1. The molecule has 0 aromatic heterocycles. The Morgan fingerprint density at radius 1 is 1.24 bits per heavy atom. The van der Waals surface area contributed by atoms with E-state index >= 15 is 0 Å². The van der Waals surface area contributed by atoms with Crippen molar-refractivity contribution in [3.05, 3.63) is 59.4 Å². The van der Waals surface area contributed by atoms with E-state index < -0.39 is 11.7 Å². The fourth-order valence-corrected chi connectivity index (χ4v) is 1.68. The maximum absolute atomic E-state index is 13.6. The molecule has 2 aromatic carbocycles. The monoisotopic (exact) mass is 284 g/mol. The minimum Gasteiger partial charge on any atom is -0.508 e. The van der Waals surface area contributed by atoms with Crippen LogP contribution in [0.1, 0.15) is 15.9 Å². The van der Waals surface area contributed by atoms with Crippen molar-refractivity contribution in [1.82, 2.24) is 0 Å². The van der Waals surface area contributed by atoms with E-state index in [1.54, 1.807) is 24.3 Å². The Labute approximate surface area is 121 Å². The number of carbonyl (C=O) groups is 1. The van der Waals surface area contributed by atoms with Gasteiger partial charge in [0.15, 0.2) is 0 Å². The van der Waals surface area contributed by atoms with Gasteiger partial charge in [-0.1, -0.05) is 11.8 Å². The molecule has 0 bridgehead atoms. The van der Waals surface area contributed by atoms with Gasteiger partial charge in [0.1, 0.15) is 11.6 Å². The van der Waals surface area contributed by atoms with Crippen molar-refractivity contribution in [2.24, 2.45) is 5.73 Å². The number of hydrogen-bond acceptors (Lipinski definition) is 3. The van der Waals surface area contributed by atoms with Crippen molar-refractivity contribution in [2.45, 2.75) is 0 Å². The van der Waals surface area contributed by atoms with Crippen molar-refractivity contribution >= 4 is 11.6 Å². The van der Waals surface area contributed by atoms with E-state index in [1.807, 2.05) is 0 Å². The van der Waals surface area contributed by atoms with Crippen molar-refractivity contribution in [1.29, 1.82) is 0 Å². The maximum Gasteiger partial charge on any atom is 0.258 e. The van der Waals surface area contributed by atoms with Crippen LogP contribution in [0.15, 0.2) is 42.5 Å². The third kappa shape index (κ3) is 3.81. The number of phenols is 1. The summed E-state index contributed by atoms with van der Waals surface area (Å²) in [5, 5.41) is 11.7. The van der Waals surface area contributed by atoms with Crippen LogP contribution in [0, 0.1) is 17.7 Å². The first kappa shape index (κ1) is 14.6. The summed E-state index contributed by atoms with van der Waals surface area (Å²) in [5.41, 5.74) is 6.43. The third-order valence-corrected chi connectivity index (χ3v) is 2.67. The highest BCUT2D eigenvalue weighted by Gasteiger charge is 2.12. The fraction of sp³-hybridized carbons (Fsp3) is 0.0625. The summed E-state index contributed by atoms with van der Waals surface area (Å²) in [6.07, 6.45) is 0. The lowest BCUT2D eigenvalue weighted by Crippen LogP contribution is -2.13. The number of phenolic OH excluding ortho intramolecular Hbond substituents is 1. The zero-order chi connectivity index (χ0) is 15.2. The molecule has 0 saturated heterocycles. The molecule has 2 aromatic rings. The van der Waals surface area contributed by atoms with Crippen LogP contribution in [0.2, 0.25) is 0 Å². The summed E-state index contributed by atoms with van der Waals surface area (Å²) >= 11 is 0. The molecule has 0 heterocycles. The minimum absolute atomic E-state index is 0.139. The first-order valence-corrected chi connectivity index (χ1v) is 6.19. The summed E-state index contributed by atoms with van der Waals surface area (Å²) in [6.45, 7) is 0.276. The number of amides is 1. The molecule has 0 aliphatic rings. The average Bonchev–Trinajstić information content (AvgIpc) is 2.46. The Morgan fingerprint density at radius 3 is 2.57 bits per heavy atom. The standard InChI is InChI=1S/C16H13FN2O2/c17-15-10-13(20)7-8-14(15)16(21)19-12-5-3-11(4-6-12)2-1-9-18/h3-8,10,20H,9,18H2,(H,19,21). The molecule has 0 fully saturated rings. The van der Waals surface area contributed by atoms with Gasteiger partial charge in [0.05, 0.1) is 12.1 Å². The van der Waals surface area contributed by atoms with E-state index in [0.29, 0.717) is 5.69 Å². The van der Waals surface area contributed by atoms with E-state index in [1.165, 1.54) is 12.1 Å². The molecule has 0 unspecified atom stereocenters. The lowest BCUT2D eigenvalue weighted by molar-refractivity contribution is 0.102. The maximum atomic E-state index is 13.6. The summed E-state index contributed by atoms with van der Waals surface area (Å²) in [5.74, 6) is 3.98. The molecular formula is C16H13FN2O2. The van der Waals surface area contributed by atoms with Gasteiger partial charge in [-0.05, 0) is 36.4 Å². The summed E-state index contributed by atoms with van der Waals surface area (Å²) < 4.78 is 13.6. The van der Waals surface area contributed by atoms with Crippen LogP contribution in [0.3, 0.4) is 0 Å². The smallest absolute Gasteiger partial charge is 0.258 e. The SMILES string of the molecule is NCC#Cc1ccc(NC(=O)c2ccc(O)cc2F)cc1. The van der Waals surface area contributed by atoms with Crippen LogP contribution in [-0.2, 0) is 0 Å². The molecule has 5 heteroatoms. The Kier molecular flexibility index (Phi) is 4.54. The van der Waals surface area contributed by atoms with E-state index in [2.05, 4.69) is 17.2 Å². The molecule has 106 valence electrons. The van der Waals surface area contributed by atoms with Crippen LogP contribution < -0.4 is 11.1 Å². The molecule has 0 aliphatic heterocycles. The van der Waals surface area contributed by atoms with Crippen molar-refractivity contribution < 1.29 is 14.3 Å². The predicted molar refractivity (Wildman–Crippen MR) is 78.4 cm³/mol. The van der Waals surface area contributed by atoms with Crippen LogP contribution in [0.4, 0.5) is 10.1 Å². The number of nitrogens with two attached hydrogens (primary N) is 1. The van der Waals surface area contributed by atoms with Crippen LogP contribution >= 0.6 is 0 Å². The van der Waals surface area contributed by atoms with E-state index in [-0.39, 0.29) is 17.9 Å². The van der Waals surface area contributed by atoms with Gasteiger partial charge in [-0.2, -0.15) is 0 Å². The van der Waals surface area contributed by atoms with Crippen molar-refractivity contribution in [2.75, 3.05) is 11.9 Å². The third-order valence-electron chi connectivity index (χ3n) is 2.67. The van der Waals surface area contributed by atoms with E-state index in [9.17, 15) is 9.18 Å². The number of halogens is 1. The molecule has 0 spiro atoms. The highest BCUT2D eigenvalue weighted by Crippen LogP contribution is 2.17. The number of anilines is 1. The molecule has 0 aliphatic carbocycles. The average molecular weight is 284 g/mol. The lowest BCUT2D eigenvalue weighted by Gasteiger charge is -2.06. The van der Waals surface area contributed by atoms with Gasteiger partial charge < -0.3 is 16.2 Å². The van der Waals surface area contributed by atoms with Gasteiger partial charge in [0.25, 0.3) is 5.91 Å². The Balaban J connectivity index is 2.12. The predicted octanol–water partition coefficient (Wildman–Crippen LogP) is 2.09. The Hall–Kier alpha value is -2.84. The first-order valence-electron chi connectivity index (χ1n) is 6.19. The van der Waals surface area contributed by atoms with E-state index in [4.69, 9.17) is 10.8 Å². The normalized spacial score (nSPS) is 9.62. The van der Waals surface area contributed by atoms with Gasteiger partial charge in [0, 0.05) is 17.3 Å². The highest BCUT2D eigenvalue weighted by atomic mass is 19.1. The van der Waals surface area contributed by atoms with Gasteiger partial charge in [-0.3, -0.25) is 4.79 Å². The number of carbonyl (C=O) groups excluding carboxylic acids is 1. The summed E-state index contributed by atoms with van der Waals surface area (Å²) in [7, 11) is 0. The van der Waals surface area contributed by atoms with Gasteiger partial charge in [-0.15, -0.1) is 0 Å². The molecule has 1 amide bonds. The summed E-state index contributed by atoms with van der Waals surface area (Å²) in [6, 6.07) is 10.1. The molecule has 4 N–H and O–H groups in total. The zero-order valence-corrected chi connectivity index (χ0v) is 11.1. The second-order valence-corrected chi connectivity index (χ2v) is 4.20. The second kappa shape index (κ2) is 6.55. The Bertz CT molecular complexity index is 715. The second-order valence-electron chi connectivity index (χ2n) is 4.20. The fourth-order valence-electron chi connectivity index (χ4n) is 1.68. The molecule has 21 heavy (non-hydrogen) atoms. The molecule has 0 saturated carbocycles. The van der Waals surface area contributed by atoms with Crippen molar-refractivity contribution in [3.8, 4) is 17.6 Å². The number of hydrogen-bond donors (Lipinski definition) is 3. The van der Waals surface area contributed by atoms with Crippen LogP contribution in [0.25, 0.3) is 0 Å². The number of aromatic hydroxyl groups is 1. The zero-order valence-electron chi connectivity index (χ0n) is 11.1. The topological polar surface area (TPSA) is 75.3 Å². The van der Waals surface area contributed by atoms with Gasteiger partial charge in [0.2, 0.25) is 0 Å². The van der Waals surface area contributed by atoms with Crippen LogP contribution in [-0.4, -0.2) is 17.6 Å². The highest BCUT2D eigenvalue weighted by molar-refractivity contribution is 6.04. The van der Waals surface area contributed by atoms with Crippen LogP contribution in [0.5, 0.6) is 5.75 Å². The molecule has 0 atom stereocenters. The molecule has 4 nitrogen and oxygen atoms in total. The quantitative estimate of drug-likeness (QED) is 0.739. The molecule has 0 radical (unpaired) electrons. The molecular weight excluding hydrogens is 271 g/mol. The minimum atomic E-state index is -0.780. The number of rotatable bonds is 2. The summed E-state index contributed by atoms with van der Waals surface area (Å²) in [4.78, 5) is 11.9. The van der Waals surface area contributed by atoms with E-state index in [0.717, 1.165) is 11.6 Å². The van der Waals surface area contributed by atoms with Gasteiger partial charge in [-0.25, -0.2) is 4.39 Å². The van der Waals surface area contributed by atoms with Gasteiger partial charge >= 0.3 is 0 Å². The first-order chi connectivity index (χ1) is 10.1. The largest absolute Gasteiger partial charge is 0.508 e. The number of benzene rings is 2.